The maximum absolute atomic E-state index is 13.4. The molecule has 0 amide bonds. The fourth-order valence-electron chi connectivity index (χ4n) is 2.21. The van der Waals surface area contributed by atoms with Gasteiger partial charge in [0.1, 0.15) is 5.82 Å². The summed E-state index contributed by atoms with van der Waals surface area (Å²) in [5.41, 5.74) is 0.721. The molecule has 2 rings (SSSR count). The van der Waals surface area contributed by atoms with Gasteiger partial charge in [-0.15, -0.1) is 11.6 Å². The van der Waals surface area contributed by atoms with E-state index in [1.165, 1.54) is 6.07 Å². The Morgan fingerprint density at radius 2 is 2.13 bits per heavy atom. The lowest BCUT2D eigenvalue weighted by atomic mass is 9.98. The fraction of sp³-hybridized carbons (Fsp3) is 0.500. The number of rotatable bonds is 2. The maximum Gasteiger partial charge on any atom is 0.126 e. The van der Waals surface area contributed by atoms with Gasteiger partial charge in [-0.05, 0) is 55.4 Å². The van der Waals surface area contributed by atoms with E-state index >= 15 is 0 Å². The zero-order chi connectivity index (χ0) is 10.8. The number of benzene rings is 1. The minimum Gasteiger partial charge on any atom is -0.207 e. The second-order valence-electron chi connectivity index (χ2n) is 4.22. The summed E-state index contributed by atoms with van der Waals surface area (Å²) in [7, 11) is 0. The van der Waals surface area contributed by atoms with Crippen molar-refractivity contribution < 1.29 is 4.39 Å². The van der Waals surface area contributed by atoms with Gasteiger partial charge in [0.25, 0.3) is 0 Å². The van der Waals surface area contributed by atoms with Gasteiger partial charge in [-0.25, -0.2) is 4.39 Å². The molecule has 0 aromatic heterocycles. The van der Waals surface area contributed by atoms with E-state index in [9.17, 15) is 4.39 Å². The predicted molar refractivity (Wildman–Crippen MR) is 62.1 cm³/mol. The normalized spacial score (nSPS) is 25.8. The van der Waals surface area contributed by atoms with Gasteiger partial charge in [0.2, 0.25) is 0 Å². The first-order valence-corrected chi connectivity index (χ1v) is 6.04. The molecule has 0 spiro atoms. The summed E-state index contributed by atoms with van der Waals surface area (Å²) in [5, 5.41) is 0.879. The van der Waals surface area contributed by atoms with Crippen LogP contribution < -0.4 is 0 Å². The SMILES string of the molecule is Fc1ccc(Cl)cc1CC1CCC(Cl)C1. The van der Waals surface area contributed by atoms with Gasteiger partial charge < -0.3 is 0 Å². The Morgan fingerprint density at radius 3 is 2.80 bits per heavy atom. The topological polar surface area (TPSA) is 0 Å². The highest BCUT2D eigenvalue weighted by atomic mass is 35.5. The van der Waals surface area contributed by atoms with Crippen molar-refractivity contribution in [1.29, 1.82) is 0 Å². The first-order valence-electron chi connectivity index (χ1n) is 5.23. The summed E-state index contributed by atoms with van der Waals surface area (Å²) in [6, 6.07) is 4.74. The van der Waals surface area contributed by atoms with E-state index < -0.39 is 0 Å². The van der Waals surface area contributed by atoms with E-state index in [1.54, 1.807) is 12.1 Å². The smallest absolute Gasteiger partial charge is 0.126 e. The number of alkyl halides is 1. The molecule has 3 heteroatoms. The van der Waals surface area contributed by atoms with E-state index in [1.807, 2.05) is 0 Å². The molecule has 0 heterocycles. The van der Waals surface area contributed by atoms with Crippen LogP contribution in [0.4, 0.5) is 4.39 Å². The first kappa shape index (κ1) is 11.2. The van der Waals surface area contributed by atoms with Crippen molar-refractivity contribution in [2.75, 3.05) is 0 Å². The highest BCUT2D eigenvalue weighted by Gasteiger charge is 2.23. The summed E-state index contributed by atoms with van der Waals surface area (Å²) >= 11 is 11.9. The molecule has 1 aromatic carbocycles. The minimum atomic E-state index is -0.155. The molecule has 1 aliphatic carbocycles. The van der Waals surface area contributed by atoms with Crippen LogP contribution in [0, 0.1) is 11.7 Å². The Morgan fingerprint density at radius 1 is 1.33 bits per heavy atom. The molecular formula is C12H13Cl2F. The van der Waals surface area contributed by atoms with Crippen LogP contribution >= 0.6 is 23.2 Å². The molecule has 0 radical (unpaired) electrons. The van der Waals surface area contributed by atoms with Gasteiger partial charge in [-0.2, -0.15) is 0 Å². The van der Waals surface area contributed by atoms with Crippen molar-refractivity contribution in [3.63, 3.8) is 0 Å². The fourth-order valence-corrected chi connectivity index (χ4v) is 2.78. The van der Waals surface area contributed by atoms with E-state index in [0.29, 0.717) is 10.9 Å². The van der Waals surface area contributed by atoms with Gasteiger partial charge in [-0.1, -0.05) is 11.6 Å². The zero-order valence-corrected chi connectivity index (χ0v) is 9.86. The maximum atomic E-state index is 13.4. The third kappa shape index (κ3) is 2.85. The molecule has 82 valence electrons. The van der Waals surface area contributed by atoms with Crippen LogP contribution in [0.1, 0.15) is 24.8 Å². The monoisotopic (exact) mass is 246 g/mol. The van der Waals surface area contributed by atoms with Crippen LogP contribution in [-0.2, 0) is 6.42 Å². The summed E-state index contributed by atoms with van der Waals surface area (Å²) in [6.07, 6.45) is 3.90. The minimum absolute atomic E-state index is 0.155. The zero-order valence-electron chi connectivity index (χ0n) is 8.35. The Hall–Kier alpha value is -0.270. The average molecular weight is 247 g/mol. The van der Waals surface area contributed by atoms with Gasteiger partial charge in [-0.3, -0.25) is 0 Å². The lowest BCUT2D eigenvalue weighted by molar-refractivity contribution is 0.521. The molecule has 2 atom stereocenters. The van der Waals surface area contributed by atoms with Gasteiger partial charge in [0.05, 0.1) is 0 Å². The lowest BCUT2D eigenvalue weighted by Crippen LogP contribution is -2.02. The van der Waals surface area contributed by atoms with Crippen molar-refractivity contribution in [3.8, 4) is 0 Å². The third-order valence-corrected chi connectivity index (χ3v) is 3.63. The molecule has 0 saturated heterocycles. The lowest BCUT2D eigenvalue weighted by Gasteiger charge is -2.10. The van der Waals surface area contributed by atoms with Gasteiger partial charge >= 0.3 is 0 Å². The number of hydrogen-bond acceptors (Lipinski definition) is 0. The Kier molecular flexibility index (Phi) is 3.53. The van der Waals surface area contributed by atoms with E-state index in [-0.39, 0.29) is 11.2 Å². The molecule has 0 nitrogen and oxygen atoms in total. The van der Waals surface area contributed by atoms with E-state index in [2.05, 4.69) is 0 Å². The summed E-state index contributed by atoms with van der Waals surface area (Å²) in [5.74, 6) is 0.359. The van der Waals surface area contributed by atoms with E-state index in [4.69, 9.17) is 23.2 Å². The molecule has 0 bridgehead atoms. The first-order chi connectivity index (χ1) is 7.15. The molecule has 1 saturated carbocycles. The number of hydrogen-bond donors (Lipinski definition) is 0. The van der Waals surface area contributed by atoms with E-state index in [0.717, 1.165) is 31.2 Å². The average Bonchev–Trinajstić information content (AvgIpc) is 2.58. The predicted octanol–water partition coefficient (Wildman–Crippen LogP) is 4.43. The molecule has 15 heavy (non-hydrogen) atoms. The molecule has 2 unspecified atom stereocenters. The Bertz CT molecular complexity index is 351. The molecule has 0 aliphatic heterocycles. The summed E-state index contributed by atoms with van der Waals surface area (Å²) < 4.78 is 13.4. The van der Waals surface area contributed by atoms with Crippen LogP contribution in [0.5, 0.6) is 0 Å². The van der Waals surface area contributed by atoms with Crippen molar-refractivity contribution in [3.05, 3.63) is 34.6 Å². The van der Waals surface area contributed by atoms with Gasteiger partial charge in [0.15, 0.2) is 0 Å². The van der Waals surface area contributed by atoms with Crippen LogP contribution in [0.25, 0.3) is 0 Å². The molecular weight excluding hydrogens is 234 g/mol. The molecule has 1 fully saturated rings. The quantitative estimate of drug-likeness (QED) is 0.678. The highest BCUT2D eigenvalue weighted by Crippen LogP contribution is 2.32. The molecule has 0 N–H and O–H groups in total. The van der Waals surface area contributed by atoms with Crippen LogP contribution in [0.3, 0.4) is 0 Å². The highest BCUT2D eigenvalue weighted by molar-refractivity contribution is 6.30. The molecule has 1 aromatic rings. The van der Waals surface area contributed by atoms with Crippen molar-refractivity contribution >= 4 is 23.2 Å². The molecule has 1 aliphatic rings. The summed E-state index contributed by atoms with van der Waals surface area (Å²) in [6.45, 7) is 0. The second-order valence-corrected chi connectivity index (χ2v) is 5.27. The Labute approximate surface area is 99.4 Å². The van der Waals surface area contributed by atoms with Crippen LogP contribution in [0.15, 0.2) is 18.2 Å². The van der Waals surface area contributed by atoms with Crippen molar-refractivity contribution in [2.45, 2.75) is 31.1 Å². The summed E-state index contributed by atoms with van der Waals surface area (Å²) in [4.78, 5) is 0. The third-order valence-electron chi connectivity index (χ3n) is 2.99. The largest absolute Gasteiger partial charge is 0.207 e. The Balaban J connectivity index is 2.07. The van der Waals surface area contributed by atoms with Crippen LogP contribution in [-0.4, -0.2) is 5.38 Å². The number of halogens is 3. The standard InChI is InChI=1S/C12H13Cl2F/c13-10-2-1-8(6-10)5-9-7-11(14)3-4-12(9)15/h3-4,7-8,10H,1-2,5-6H2. The van der Waals surface area contributed by atoms with Crippen molar-refractivity contribution in [2.24, 2.45) is 5.92 Å². The van der Waals surface area contributed by atoms with Crippen LogP contribution in [0.2, 0.25) is 5.02 Å². The van der Waals surface area contributed by atoms with Gasteiger partial charge in [0, 0.05) is 10.4 Å². The van der Waals surface area contributed by atoms with Crippen molar-refractivity contribution in [1.82, 2.24) is 0 Å². The second kappa shape index (κ2) is 4.71.